The van der Waals surface area contributed by atoms with E-state index in [1.807, 2.05) is 7.05 Å². The van der Waals surface area contributed by atoms with Crippen molar-refractivity contribution in [3.8, 4) is 0 Å². The van der Waals surface area contributed by atoms with Crippen molar-refractivity contribution in [3.05, 3.63) is 0 Å². The molecule has 1 aliphatic heterocycles. The molecule has 0 bridgehead atoms. The molecule has 0 aromatic heterocycles. The predicted molar refractivity (Wildman–Crippen MR) is 67.1 cm³/mol. The molecule has 1 aliphatic rings. The molecule has 0 aliphatic carbocycles. The molecule has 2 atom stereocenters. The monoisotopic (exact) mass is 261 g/mol. The maximum Gasteiger partial charge on any atom is 0.324 e. The quantitative estimate of drug-likeness (QED) is 0.751. The van der Waals surface area contributed by atoms with E-state index in [1.54, 1.807) is 18.9 Å². The number of likely N-dealkylation sites (N-methyl/N-ethyl adjacent to an activating group) is 2. The molecule has 0 saturated carbocycles. The summed E-state index contributed by atoms with van der Waals surface area (Å²) in [5.74, 6) is -0.451. The second kappa shape index (κ2) is 6.21. The van der Waals surface area contributed by atoms with Crippen LogP contribution in [0.3, 0.4) is 0 Å². The SMILES string of the molecule is CC(Cl)C(=O)NC(=O)N(C)C1CCCN(C)C1. The van der Waals surface area contributed by atoms with Gasteiger partial charge in [0.25, 0.3) is 0 Å². The van der Waals surface area contributed by atoms with Gasteiger partial charge in [0.1, 0.15) is 5.38 Å². The summed E-state index contributed by atoms with van der Waals surface area (Å²) in [4.78, 5) is 26.9. The number of alkyl halides is 1. The fourth-order valence-electron chi connectivity index (χ4n) is 1.91. The minimum absolute atomic E-state index is 0.159. The molecule has 1 saturated heterocycles. The molecule has 98 valence electrons. The number of carbonyl (C=O) groups excluding carboxylic acids is 2. The molecule has 1 heterocycles. The third-order valence-electron chi connectivity index (χ3n) is 3.06. The van der Waals surface area contributed by atoms with Gasteiger partial charge in [0, 0.05) is 19.6 Å². The molecule has 3 amide bonds. The van der Waals surface area contributed by atoms with Crippen LogP contribution < -0.4 is 5.32 Å². The minimum atomic E-state index is -0.693. The first-order chi connectivity index (χ1) is 7.91. The van der Waals surface area contributed by atoms with Crippen molar-refractivity contribution < 1.29 is 9.59 Å². The van der Waals surface area contributed by atoms with Gasteiger partial charge in [-0.2, -0.15) is 0 Å². The fraction of sp³-hybridized carbons (Fsp3) is 0.818. The Balaban J connectivity index is 2.48. The van der Waals surface area contributed by atoms with Crippen LogP contribution in [0.5, 0.6) is 0 Å². The maximum atomic E-state index is 11.8. The molecular weight excluding hydrogens is 242 g/mol. The number of nitrogens with one attached hydrogen (secondary N) is 1. The van der Waals surface area contributed by atoms with Gasteiger partial charge in [-0.25, -0.2) is 4.79 Å². The van der Waals surface area contributed by atoms with Gasteiger partial charge in [0.05, 0.1) is 0 Å². The maximum absolute atomic E-state index is 11.8. The number of hydrogen-bond acceptors (Lipinski definition) is 3. The zero-order valence-electron chi connectivity index (χ0n) is 10.6. The number of amides is 3. The van der Waals surface area contributed by atoms with E-state index in [9.17, 15) is 9.59 Å². The molecular formula is C11H20ClN3O2. The number of nitrogens with zero attached hydrogens (tertiary/aromatic N) is 2. The van der Waals surface area contributed by atoms with Crippen molar-refractivity contribution in [2.45, 2.75) is 31.2 Å². The zero-order chi connectivity index (χ0) is 13.0. The Kier molecular flexibility index (Phi) is 5.21. The summed E-state index contributed by atoms with van der Waals surface area (Å²) >= 11 is 5.59. The van der Waals surface area contributed by atoms with Crippen molar-refractivity contribution >= 4 is 23.5 Å². The first kappa shape index (κ1) is 14.3. The highest BCUT2D eigenvalue weighted by atomic mass is 35.5. The Morgan fingerprint density at radius 1 is 1.53 bits per heavy atom. The van der Waals surface area contributed by atoms with Crippen molar-refractivity contribution in [1.29, 1.82) is 0 Å². The molecule has 6 heteroatoms. The van der Waals surface area contributed by atoms with E-state index in [4.69, 9.17) is 11.6 Å². The van der Waals surface area contributed by atoms with Crippen molar-refractivity contribution in [2.24, 2.45) is 0 Å². The Morgan fingerprint density at radius 3 is 2.71 bits per heavy atom. The van der Waals surface area contributed by atoms with Crippen LogP contribution >= 0.6 is 11.6 Å². The van der Waals surface area contributed by atoms with E-state index in [0.717, 1.165) is 25.9 Å². The average Bonchev–Trinajstić information content (AvgIpc) is 2.27. The van der Waals surface area contributed by atoms with E-state index >= 15 is 0 Å². The van der Waals surface area contributed by atoms with Crippen molar-refractivity contribution in [1.82, 2.24) is 15.1 Å². The zero-order valence-corrected chi connectivity index (χ0v) is 11.3. The van der Waals surface area contributed by atoms with Gasteiger partial charge in [0.15, 0.2) is 0 Å². The number of rotatable bonds is 2. The van der Waals surface area contributed by atoms with Crippen molar-refractivity contribution in [2.75, 3.05) is 27.2 Å². The summed E-state index contributed by atoms with van der Waals surface area (Å²) in [5, 5.41) is 1.60. The Bertz CT molecular complexity index is 296. The lowest BCUT2D eigenvalue weighted by Gasteiger charge is -2.35. The molecule has 5 nitrogen and oxygen atoms in total. The molecule has 0 radical (unpaired) electrons. The summed E-state index contributed by atoms with van der Waals surface area (Å²) in [6.07, 6.45) is 2.04. The van der Waals surface area contributed by atoms with Crippen molar-refractivity contribution in [3.63, 3.8) is 0 Å². The Labute approximate surface area is 107 Å². The third-order valence-corrected chi connectivity index (χ3v) is 3.26. The number of likely N-dealkylation sites (tertiary alicyclic amines) is 1. The second-order valence-corrected chi connectivity index (χ2v) is 5.23. The van der Waals surface area contributed by atoms with Gasteiger partial charge in [-0.3, -0.25) is 10.1 Å². The molecule has 1 N–H and O–H groups in total. The van der Waals surface area contributed by atoms with Crippen LogP contribution in [0.15, 0.2) is 0 Å². The van der Waals surface area contributed by atoms with Crippen LogP contribution in [-0.2, 0) is 4.79 Å². The van der Waals surface area contributed by atoms with Crippen LogP contribution in [0, 0.1) is 0 Å². The van der Waals surface area contributed by atoms with E-state index in [1.165, 1.54) is 0 Å². The molecule has 1 fully saturated rings. The smallest absolute Gasteiger partial charge is 0.323 e. The molecule has 17 heavy (non-hydrogen) atoms. The summed E-state index contributed by atoms with van der Waals surface area (Å²) in [5.41, 5.74) is 0. The van der Waals surface area contributed by atoms with Crippen LogP contribution in [0.1, 0.15) is 19.8 Å². The van der Waals surface area contributed by atoms with E-state index in [2.05, 4.69) is 10.2 Å². The lowest BCUT2D eigenvalue weighted by Crippen LogP contribution is -2.52. The van der Waals surface area contributed by atoms with Gasteiger partial charge in [-0.15, -0.1) is 11.6 Å². The standard InChI is InChI=1S/C11H20ClN3O2/c1-8(12)10(16)13-11(17)15(3)9-5-4-6-14(2)7-9/h8-9H,4-7H2,1-3H3,(H,13,16,17). The summed E-state index contributed by atoms with van der Waals surface area (Å²) < 4.78 is 0. The van der Waals surface area contributed by atoms with E-state index < -0.39 is 11.3 Å². The molecule has 2 unspecified atom stereocenters. The largest absolute Gasteiger partial charge is 0.324 e. The first-order valence-corrected chi connectivity index (χ1v) is 6.25. The topological polar surface area (TPSA) is 52.7 Å². The third kappa shape index (κ3) is 4.16. The van der Waals surface area contributed by atoms with E-state index in [-0.39, 0.29) is 12.1 Å². The first-order valence-electron chi connectivity index (χ1n) is 5.82. The number of carbonyl (C=O) groups is 2. The average molecular weight is 262 g/mol. The van der Waals surface area contributed by atoms with Crippen LogP contribution in [-0.4, -0.2) is 60.3 Å². The molecule has 0 aromatic rings. The number of imide groups is 1. The number of hydrogen-bond donors (Lipinski definition) is 1. The van der Waals surface area contributed by atoms with Gasteiger partial charge >= 0.3 is 6.03 Å². The van der Waals surface area contributed by atoms with Crippen LogP contribution in [0.25, 0.3) is 0 Å². The van der Waals surface area contributed by atoms with Gasteiger partial charge in [0.2, 0.25) is 5.91 Å². The Morgan fingerprint density at radius 2 is 2.18 bits per heavy atom. The van der Waals surface area contributed by atoms with Crippen LogP contribution in [0.2, 0.25) is 0 Å². The summed E-state index contributed by atoms with van der Waals surface area (Å²) in [6, 6.07) is -0.213. The molecule has 1 rings (SSSR count). The highest BCUT2D eigenvalue weighted by molar-refractivity contribution is 6.31. The number of halogens is 1. The number of piperidine rings is 1. The molecule has 0 aromatic carbocycles. The summed E-state index contributed by atoms with van der Waals surface area (Å²) in [6.45, 7) is 3.44. The number of urea groups is 1. The normalized spacial score (nSPS) is 22.9. The Hall–Kier alpha value is -0.810. The predicted octanol–water partition coefficient (Wildman–Crippen LogP) is 0.876. The lowest BCUT2D eigenvalue weighted by molar-refractivity contribution is -0.119. The second-order valence-electron chi connectivity index (χ2n) is 4.58. The fourth-order valence-corrected chi connectivity index (χ4v) is 1.97. The highest BCUT2D eigenvalue weighted by Crippen LogP contribution is 2.13. The summed E-state index contributed by atoms with van der Waals surface area (Å²) in [7, 11) is 3.75. The van der Waals surface area contributed by atoms with Gasteiger partial charge < -0.3 is 9.80 Å². The van der Waals surface area contributed by atoms with Gasteiger partial charge in [-0.1, -0.05) is 0 Å². The molecule has 0 spiro atoms. The minimum Gasteiger partial charge on any atom is -0.323 e. The highest BCUT2D eigenvalue weighted by Gasteiger charge is 2.25. The van der Waals surface area contributed by atoms with Crippen LogP contribution in [0.4, 0.5) is 4.79 Å². The lowest BCUT2D eigenvalue weighted by atomic mass is 10.1. The van der Waals surface area contributed by atoms with Gasteiger partial charge in [-0.05, 0) is 33.4 Å². The van der Waals surface area contributed by atoms with E-state index in [0.29, 0.717) is 0 Å².